The molecule has 0 aliphatic heterocycles. The minimum Gasteiger partial charge on any atom is -0.462 e. The number of rotatable bonds is 46. The van der Waals surface area contributed by atoms with Gasteiger partial charge in [-0.25, -0.2) is 4.57 Å². The van der Waals surface area contributed by atoms with Crippen LogP contribution >= 0.6 is 7.82 Å². The number of ether oxygens (including phenoxy) is 2. The molecule has 0 aromatic rings. The van der Waals surface area contributed by atoms with Crippen molar-refractivity contribution in [2.24, 2.45) is 5.73 Å². The van der Waals surface area contributed by atoms with Crippen LogP contribution in [0.25, 0.3) is 0 Å². The lowest BCUT2D eigenvalue weighted by Crippen LogP contribution is -2.29. The standard InChI is InChI=1S/C51H92NO8P/c1-3-5-7-9-11-13-15-17-19-21-22-23-24-25-26-28-30-32-34-36-38-40-42-44-51(54)60-49(48-59-61(55,56)58-46-45-52)47-57-50(53)43-41-39-37-35-33-31-29-27-20-18-16-14-12-10-8-6-4-2/h12,14,18,20,28-31,36,38,49H,3-11,13,15-17,19,21-27,32-35,37,39-48,52H2,1-2H3,(H,55,56)/b14-12+,20-18+,30-28+,31-29+,38-36+/t49-/m1/s1. The van der Waals surface area contributed by atoms with Crippen LogP contribution in [0.1, 0.15) is 219 Å². The number of phosphoric acid groups is 1. The summed E-state index contributed by atoms with van der Waals surface area (Å²) >= 11 is 0. The summed E-state index contributed by atoms with van der Waals surface area (Å²) in [7, 11) is -4.40. The van der Waals surface area contributed by atoms with Crippen molar-refractivity contribution in [2.45, 2.75) is 225 Å². The van der Waals surface area contributed by atoms with E-state index < -0.39 is 32.5 Å². The topological polar surface area (TPSA) is 134 Å². The summed E-state index contributed by atoms with van der Waals surface area (Å²) in [6.07, 6.45) is 57.0. The first-order chi connectivity index (χ1) is 29.8. The van der Waals surface area contributed by atoms with Crippen molar-refractivity contribution in [1.29, 1.82) is 0 Å². The molecule has 0 heterocycles. The van der Waals surface area contributed by atoms with Gasteiger partial charge in [0, 0.05) is 19.4 Å². The van der Waals surface area contributed by atoms with E-state index in [0.717, 1.165) is 64.2 Å². The maximum absolute atomic E-state index is 12.6. The minimum atomic E-state index is -4.40. The fourth-order valence-corrected chi connectivity index (χ4v) is 7.43. The van der Waals surface area contributed by atoms with Gasteiger partial charge in [-0.1, -0.05) is 184 Å². The highest BCUT2D eigenvalue weighted by atomic mass is 31.2. The predicted octanol–water partition coefficient (Wildman–Crippen LogP) is 14.8. The van der Waals surface area contributed by atoms with Gasteiger partial charge in [0.05, 0.1) is 13.2 Å². The highest BCUT2D eigenvalue weighted by molar-refractivity contribution is 7.47. The molecule has 0 aromatic carbocycles. The molecule has 0 amide bonds. The average Bonchev–Trinajstić information content (AvgIpc) is 3.25. The smallest absolute Gasteiger partial charge is 0.462 e. The van der Waals surface area contributed by atoms with Crippen molar-refractivity contribution < 1.29 is 37.6 Å². The van der Waals surface area contributed by atoms with Crippen LogP contribution in [0.4, 0.5) is 0 Å². The van der Waals surface area contributed by atoms with Crippen LogP contribution in [-0.2, 0) is 32.7 Å². The van der Waals surface area contributed by atoms with Crippen molar-refractivity contribution in [3.8, 4) is 0 Å². The monoisotopic (exact) mass is 878 g/mol. The normalized spacial score (nSPS) is 13.7. The zero-order chi connectivity index (χ0) is 44.6. The molecular weight excluding hydrogens is 786 g/mol. The van der Waals surface area contributed by atoms with E-state index in [0.29, 0.717) is 12.8 Å². The molecule has 10 heteroatoms. The zero-order valence-electron chi connectivity index (χ0n) is 39.1. The van der Waals surface area contributed by atoms with E-state index in [1.807, 2.05) is 0 Å². The van der Waals surface area contributed by atoms with Gasteiger partial charge in [0.1, 0.15) is 6.61 Å². The minimum absolute atomic E-state index is 0.0422. The molecule has 0 spiro atoms. The number of carbonyl (C=O) groups is 2. The van der Waals surface area contributed by atoms with Gasteiger partial charge in [0.15, 0.2) is 6.10 Å². The van der Waals surface area contributed by atoms with Crippen LogP contribution in [0.15, 0.2) is 60.8 Å². The summed E-state index contributed by atoms with van der Waals surface area (Å²) in [5, 5.41) is 0. The SMILES string of the molecule is CCCCC/C=C/C/C=C/C/C=C/CCCCCCC(=O)OC[C@H](COP(=O)(O)OCCN)OC(=O)CCC/C=C/CC/C=C/CCCCCCCCCCCCCCCC. The molecule has 1 unspecified atom stereocenters. The molecule has 0 rings (SSSR count). The van der Waals surface area contributed by atoms with Gasteiger partial charge >= 0.3 is 19.8 Å². The van der Waals surface area contributed by atoms with E-state index in [2.05, 4.69) is 74.6 Å². The van der Waals surface area contributed by atoms with Crippen molar-refractivity contribution in [1.82, 2.24) is 0 Å². The third-order valence-electron chi connectivity index (χ3n) is 10.4. The number of hydrogen-bond acceptors (Lipinski definition) is 8. The lowest BCUT2D eigenvalue weighted by molar-refractivity contribution is -0.161. The van der Waals surface area contributed by atoms with Crippen LogP contribution in [0, 0.1) is 0 Å². The van der Waals surface area contributed by atoms with Gasteiger partial charge in [-0.15, -0.1) is 0 Å². The van der Waals surface area contributed by atoms with E-state index in [4.69, 9.17) is 24.3 Å². The lowest BCUT2D eigenvalue weighted by atomic mass is 10.0. The molecule has 0 aliphatic rings. The molecule has 0 aliphatic carbocycles. The Labute approximate surface area is 374 Å². The van der Waals surface area contributed by atoms with Crippen LogP contribution in [0.3, 0.4) is 0 Å². The van der Waals surface area contributed by atoms with E-state index >= 15 is 0 Å². The van der Waals surface area contributed by atoms with E-state index in [1.54, 1.807) is 0 Å². The Hall–Kier alpha value is -2.29. The number of nitrogens with two attached hydrogens (primary N) is 1. The third kappa shape index (κ3) is 47.0. The molecule has 9 nitrogen and oxygen atoms in total. The van der Waals surface area contributed by atoms with Crippen LogP contribution in [0.2, 0.25) is 0 Å². The van der Waals surface area contributed by atoms with Gasteiger partial charge < -0.3 is 20.1 Å². The molecule has 0 saturated carbocycles. The second-order valence-electron chi connectivity index (χ2n) is 16.3. The Balaban J connectivity index is 4.16. The number of allylic oxidation sites excluding steroid dienone is 10. The fourth-order valence-electron chi connectivity index (χ4n) is 6.66. The van der Waals surface area contributed by atoms with Crippen molar-refractivity contribution >= 4 is 19.8 Å². The van der Waals surface area contributed by atoms with Crippen molar-refractivity contribution in [3.05, 3.63) is 60.8 Å². The number of unbranched alkanes of at least 4 members (excludes halogenated alkanes) is 23. The molecule has 0 fully saturated rings. The molecule has 0 radical (unpaired) electrons. The first-order valence-electron chi connectivity index (χ1n) is 24.8. The number of hydrogen-bond donors (Lipinski definition) is 2. The predicted molar refractivity (Wildman–Crippen MR) is 256 cm³/mol. The molecule has 61 heavy (non-hydrogen) atoms. The number of phosphoric ester groups is 1. The Morgan fingerprint density at radius 1 is 0.492 bits per heavy atom. The Kier molecular flexibility index (Phi) is 45.4. The zero-order valence-corrected chi connectivity index (χ0v) is 40.0. The van der Waals surface area contributed by atoms with Gasteiger partial charge in [-0.3, -0.25) is 18.6 Å². The quantitative estimate of drug-likeness (QED) is 0.0265. The molecule has 3 N–H and O–H groups in total. The molecule has 0 aromatic heterocycles. The maximum atomic E-state index is 12.6. The van der Waals surface area contributed by atoms with Crippen LogP contribution in [-0.4, -0.2) is 49.3 Å². The Morgan fingerprint density at radius 2 is 0.885 bits per heavy atom. The highest BCUT2D eigenvalue weighted by Gasteiger charge is 2.26. The maximum Gasteiger partial charge on any atom is 0.472 e. The summed E-state index contributed by atoms with van der Waals surface area (Å²) in [5.41, 5.74) is 5.36. The van der Waals surface area contributed by atoms with E-state index in [9.17, 15) is 19.0 Å². The summed E-state index contributed by atoms with van der Waals surface area (Å²) < 4.78 is 32.8. The summed E-state index contributed by atoms with van der Waals surface area (Å²) in [4.78, 5) is 35.0. The second kappa shape index (κ2) is 47.2. The molecule has 0 saturated heterocycles. The summed E-state index contributed by atoms with van der Waals surface area (Å²) in [6.45, 7) is 3.65. The second-order valence-corrected chi connectivity index (χ2v) is 17.8. The third-order valence-corrected chi connectivity index (χ3v) is 11.3. The fraction of sp³-hybridized carbons (Fsp3) is 0.765. The number of carbonyl (C=O) groups excluding carboxylic acids is 2. The van der Waals surface area contributed by atoms with Gasteiger partial charge in [-0.2, -0.15) is 0 Å². The van der Waals surface area contributed by atoms with Crippen LogP contribution < -0.4 is 5.73 Å². The summed E-state index contributed by atoms with van der Waals surface area (Å²) in [6, 6.07) is 0. The van der Waals surface area contributed by atoms with Crippen molar-refractivity contribution in [3.63, 3.8) is 0 Å². The van der Waals surface area contributed by atoms with Gasteiger partial charge in [0.25, 0.3) is 0 Å². The van der Waals surface area contributed by atoms with E-state index in [-0.39, 0.29) is 32.6 Å². The molecule has 0 bridgehead atoms. The Morgan fingerprint density at radius 3 is 1.41 bits per heavy atom. The van der Waals surface area contributed by atoms with Crippen molar-refractivity contribution in [2.75, 3.05) is 26.4 Å². The first-order valence-corrected chi connectivity index (χ1v) is 26.3. The average molecular weight is 878 g/mol. The van der Waals surface area contributed by atoms with Gasteiger partial charge in [-0.05, 0) is 83.5 Å². The number of esters is 2. The van der Waals surface area contributed by atoms with Gasteiger partial charge in [0.2, 0.25) is 0 Å². The first kappa shape index (κ1) is 58.7. The van der Waals surface area contributed by atoms with E-state index in [1.165, 1.54) is 116 Å². The molecular formula is C51H92NO8P. The molecule has 2 atom stereocenters. The summed E-state index contributed by atoms with van der Waals surface area (Å²) in [5.74, 6) is -0.902. The largest absolute Gasteiger partial charge is 0.472 e. The lowest BCUT2D eigenvalue weighted by Gasteiger charge is -2.19. The highest BCUT2D eigenvalue weighted by Crippen LogP contribution is 2.43. The Bertz CT molecular complexity index is 1180. The van der Waals surface area contributed by atoms with Crippen LogP contribution in [0.5, 0.6) is 0 Å². The molecule has 354 valence electrons.